The van der Waals surface area contributed by atoms with Crippen molar-refractivity contribution in [1.29, 1.82) is 0 Å². The molecule has 0 aliphatic carbocycles. The summed E-state index contributed by atoms with van der Waals surface area (Å²) in [6.07, 6.45) is 7.37. The van der Waals surface area contributed by atoms with Crippen molar-refractivity contribution in [3.8, 4) is 0 Å². The van der Waals surface area contributed by atoms with Gasteiger partial charge < -0.3 is 19.9 Å². The van der Waals surface area contributed by atoms with Gasteiger partial charge >= 0.3 is 0 Å². The van der Waals surface area contributed by atoms with Gasteiger partial charge in [-0.2, -0.15) is 0 Å². The zero-order chi connectivity index (χ0) is 20.0. The van der Waals surface area contributed by atoms with Crippen LogP contribution in [0.3, 0.4) is 0 Å². The van der Waals surface area contributed by atoms with Crippen molar-refractivity contribution in [2.24, 2.45) is 0 Å². The summed E-state index contributed by atoms with van der Waals surface area (Å²) in [5, 5.41) is 1.99. The van der Waals surface area contributed by atoms with E-state index in [1.165, 1.54) is 6.33 Å². The summed E-state index contributed by atoms with van der Waals surface area (Å²) in [6, 6.07) is 10.4. The van der Waals surface area contributed by atoms with Gasteiger partial charge in [0, 0.05) is 41.5 Å². The Morgan fingerprint density at radius 2 is 2.10 bits per heavy atom. The molecular weight excluding hydrogens is 432 g/mol. The van der Waals surface area contributed by atoms with Crippen LogP contribution in [0.2, 0.25) is 0 Å². The van der Waals surface area contributed by atoms with Crippen molar-refractivity contribution in [3.05, 3.63) is 53.5 Å². The zero-order valence-electron chi connectivity index (χ0n) is 16.0. The fourth-order valence-corrected chi connectivity index (χ4v) is 4.33. The van der Waals surface area contributed by atoms with Crippen molar-refractivity contribution in [3.63, 3.8) is 0 Å². The first-order valence-electron chi connectivity index (χ1n) is 9.57. The Hall–Kier alpha value is -2.71. The summed E-state index contributed by atoms with van der Waals surface area (Å²) >= 11 is 3.47. The van der Waals surface area contributed by atoms with E-state index in [-0.39, 0.29) is 12.3 Å². The molecule has 0 spiro atoms. The summed E-state index contributed by atoms with van der Waals surface area (Å²) in [6.45, 7) is 0.814. The number of anilines is 2. The fourth-order valence-electron chi connectivity index (χ4n) is 3.98. The van der Waals surface area contributed by atoms with Crippen LogP contribution in [0.15, 0.2) is 53.5 Å². The van der Waals surface area contributed by atoms with E-state index in [2.05, 4.69) is 71.7 Å². The van der Waals surface area contributed by atoms with Crippen LogP contribution in [0.1, 0.15) is 19.1 Å². The molecule has 8 heteroatoms. The molecule has 0 unspecified atom stereocenters. The van der Waals surface area contributed by atoms with Gasteiger partial charge in [0.25, 0.3) is 0 Å². The highest BCUT2D eigenvalue weighted by molar-refractivity contribution is 9.10. The van der Waals surface area contributed by atoms with Crippen molar-refractivity contribution < 1.29 is 4.74 Å². The summed E-state index contributed by atoms with van der Waals surface area (Å²) in [7, 11) is 2.09. The number of nitrogens with zero attached hydrogens (tertiary/aromatic N) is 5. The maximum atomic E-state index is 6.35. The van der Waals surface area contributed by atoms with E-state index in [9.17, 15) is 0 Å². The van der Waals surface area contributed by atoms with E-state index in [0.717, 1.165) is 51.5 Å². The molecule has 2 atom stereocenters. The van der Waals surface area contributed by atoms with Gasteiger partial charge in [-0.25, -0.2) is 9.97 Å². The van der Waals surface area contributed by atoms with E-state index < -0.39 is 0 Å². The summed E-state index contributed by atoms with van der Waals surface area (Å²) in [4.78, 5) is 15.2. The predicted molar refractivity (Wildman–Crippen MR) is 118 cm³/mol. The zero-order valence-corrected chi connectivity index (χ0v) is 17.6. The number of fused-ring (bicyclic) bond motifs is 2. The predicted octanol–water partition coefficient (Wildman–Crippen LogP) is 4.14. The standard InChI is InChI=1S/C21H21BrN6O/c1-27(15-3-2-13-8-14(22)10-24-18(13)9-15)11-16-4-5-19(29-16)28-7-6-17-20(23)25-12-26-21(17)28/h2-3,6-10,12,16,19H,4-5,11H2,1H3,(H2,23,25,26)/t16-,19+/m0/s1. The topological polar surface area (TPSA) is 82.1 Å². The van der Waals surface area contributed by atoms with Crippen LogP contribution in [0.5, 0.6) is 0 Å². The minimum atomic E-state index is -0.0316. The molecule has 148 valence electrons. The Balaban J connectivity index is 1.30. The third-order valence-corrected chi connectivity index (χ3v) is 5.92. The Bertz CT molecular complexity index is 1190. The molecule has 0 amide bonds. The molecule has 0 saturated carbocycles. The molecule has 1 saturated heterocycles. The number of nitrogen functional groups attached to an aromatic ring is 1. The van der Waals surface area contributed by atoms with Gasteiger partial charge in [-0.3, -0.25) is 4.98 Å². The summed E-state index contributed by atoms with van der Waals surface area (Å²) in [5.74, 6) is 0.500. The lowest BCUT2D eigenvalue weighted by Gasteiger charge is -2.24. The molecule has 3 aromatic heterocycles. The van der Waals surface area contributed by atoms with Crippen molar-refractivity contribution in [1.82, 2.24) is 19.5 Å². The molecule has 0 bridgehead atoms. The number of nitrogens with two attached hydrogens (primary N) is 1. The monoisotopic (exact) mass is 452 g/mol. The Labute approximate surface area is 176 Å². The summed E-state index contributed by atoms with van der Waals surface area (Å²) in [5.41, 5.74) is 8.89. The number of aromatic nitrogens is 4. The molecule has 2 N–H and O–H groups in total. The second-order valence-electron chi connectivity index (χ2n) is 7.42. The van der Waals surface area contributed by atoms with Crippen LogP contribution in [0, 0.1) is 0 Å². The molecule has 0 radical (unpaired) electrons. The molecule has 4 heterocycles. The SMILES string of the molecule is CN(C[C@@H]1CC[C@H](n2ccc3c(N)ncnc32)O1)c1ccc2cc(Br)cnc2c1. The number of likely N-dealkylation sites (N-methyl/N-ethyl adjacent to an activating group) is 1. The second kappa shape index (κ2) is 7.27. The van der Waals surface area contributed by atoms with Crippen LogP contribution in [0.4, 0.5) is 11.5 Å². The number of benzene rings is 1. The maximum Gasteiger partial charge on any atom is 0.147 e. The lowest BCUT2D eigenvalue weighted by atomic mass is 10.1. The van der Waals surface area contributed by atoms with Gasteiger partial charge in [0.05, 0.1) is 17.0 Å². The quantitative estimate of drug-likeness (QED) is 0.500. The molecule has 1 aromatic carbocycles. The van der Waals surface area contributed by atoms with E-state index in [1.54, 1.807) is 0 Å². The van der Waals surface area contributed by atoms with Gasteiger partial charge in [-0.05, 0) is 53.0 Å². The molecule has 1 aliphatic heterocycles. The molecular formula is C21H21BrN6O. The lowest BCUT2D eigenvalue weighted by Crippen LogP contribution is -2.29. The highest BCUT2D eigenvalue weighted by atomic mass is 79.9. The second-order valence-corrected chi connectivity index (χ2v) is 8.34. The number of rotatable bonds is 4. The first kappa shape index (κ1) is 18.3. The summed E-state index contributed by atoms with van der Waals surface area (Å²) < 4.78 is 9.40. The van der Waals surface area contributed by atoms with Crippen molar-refractivity contribution in [2.75, 3.05) is 24.2 Å². The molecule has 1 aliphatic rings. The number of ether oxygens (including phenoxy) is 1. The number of pyridine rings is 1. The third kappa shape index (κ3) is 3.42. The van der Waals surface area contributed by atoms with E-state index in [1.807, 2.05) is 18.5 Å². The van der Waals surface area contributed by atoms with Crippen LogP contribution >= 0.6 is 15.9 Å². The first-order valence-corrected chi connectivity index (χ1v) is 10.4. The van der Waals surface area contributed by atoms with Gasteiger partial charge in [-0.15, -0.1) is 0 Å². The molecule has 4 aromatic rings. The number of hydrogen-bond acceptors (Lipinski definition) is 6. The lowest BCUT2D eigenvalue weighted by molar-refractivity contribution is 0.00860. The van der Waals surface area contributed by atoms with Crippen molar-refractivity contribution in [2.45, 2.75) is 25.2 Å². The Morgan fingerprint density at radius 1 is 1.21 bits per heavy atom. The average Bonchev–Trinajstić information content (AvgIpc) is 3.35. The highest BCUT2D eigenvalue weighted by Gasteiger charge is 2.28. The van der Waals surface area contributed by atoms with Crippen LogP contribution < -0.4 is 10.6 Å². The van der Waals surface area contributed by atoms with Crippen LogP contribution in [-0.4, -0.2) is 39.2 Å². The van der Waals surface area contributed by atoms with Crippen molar-refractivity contribution >= 4 is 49.4 Å². The molecule has 5 rings (SSSR count). The fraction of sp³-hybridized carbons (Fsp3) is 0.286. The van der Waals surface area contributed by atoms with Gasteiger partial charge in [0.15, 0.2) is 0 Å². The van der Waals surface area contributed by atoms with Gasteiger partial charge in [0.2, 0.25) is 0 Å². The van der Waals surface area contributed by atoms with Gasteiger partial charge in [0.1, 0.15) is 24.0 Å². The van der Waals surface area contributed by atoms with Crippen LogP contribution in [0.25, 0.3) is 21.9 Å². The molecule has 7 nitrogen and oxygen atoms in total. The largest absolute Gasteiger partial charge is 0.383 e. The van der Waals surface area contributed by atoms with E-state index in [4.69, 9.17) is 10.5 Å². The minimum Gasteiger partial charge on any atom is -0.383 e. The number of halogens is 1. The van der Waals surface area contributed by atoms with E-state index >= 15 is 0 Å². The molecule has 29 heavy (non-hydrogen) atoms. The van der Waals surface area contributed by atoms with Crippen LogP contribution in [-0.2, 0) is 4.74 Å². The smallest absolute Gasteiger partial charge is 0.147 e. The normalized spacial score (nSPS) is 19.2. The minimum absolute atomic E-state index is 0.0316. The molecule has 1 fully saturated rings. The van der Waals surface area contributed by atoms with E-state index in [0.29, 0.717) is 5.82 Å². The average molecular weight is 453 g/mol. The highest BCUT2D eigenvalue weighted by Crippen LogP contribution is 2.33. The maximum absolute atomic E-state index is 6.35. The Kier molecular flexibility index (Phi) is 4.60. The van der Waals surface area contributed by atoms with Gasteiger partial charge in [-0.1, -0.05) is 6.07 Å². The first-order chi connectivity index (χ1) is 14.1. The number of hydrogen-bond donors (Lipinski definition) is 1. The third-order valence-electron chi connectivity index (χ3n) is 5.49. The Morgan fingerprint density at radius 3 is 3.00 bits per heavy atom.